The molecule has 2 aromatic rings. The highest BCUT2D eigenvalue weighted by Gasteiger charge is 2.28. The zero-order chi connectivity index (χ0) is 17.6. The van der Waals surface area contributed by atoms with E-state index in [1.54, 1.807) is 11.0 Å². The van der Waals surface area contributed by atoms with Crippen LogP contribution in [0.15, 0.2) is 43.0 Å². The third-order valence-electron chi connectivity index (χ3n) is 4.99. The molecule has 134 valence electrons. The molecule has 1 saturated carbocycles. The topological polar surface area (TPSA) is 63.1 Å². The zero-order valence-corrected chi connectivity index (χ0v) is 15.0. The summed E-state index contributed by atoms with van der Waals surface area (Å²) in [5, 5.41) is 7.22. The van der Waals surface area contributed by atoms with E-state index in [4.69, 9.17) is 0 Å². The summed E-state index contributed by atoms with van der Waals surface area (Å²) in [6.45, 7) is 5.53. The summed E-state index contributed by atoms with van der Waals surface area (Å²) in [5.41, 5.74) is 1.17. The fourth-order valence-electron chi connectivity index (χ4n) is 3.23. The number of hydrogen-bond acceptors (Lipinski definition) is 3. The summed E-state index contributed by atoms with van der Waals surface area (Å²) in [4.78, 5) is 18.9. The average Bonchev–Trinajstić information content (AvgIpc) is 3.06. The fourth-order valence-corrected chi connectivity index (χ4v) is 3.23. The number of hydrogen-bond donors (Lipinski definition) is 1. The third-order valence-corrected chi connectivity index (χ3v) is 4.99. The molecule has 1 fully saturated rings. The smallest absolute Gasteiger partial charge is 0.318 e. The quantitative estimate of drug-likeness (QED) is 0.841. The van der Waals surface area contributed by atoms with Crippen molar-refractivity contribution in [1.82, 2.24) is 25.0 Å². The Morgan fingerprint density at radius 1 is 1.32 bits per heavy atom. The van der Waals surface area contributed by atoms with Gasteiger partial charge in [-0.2, -0.15) is 5.10 Å². The number of aromatic nitrogens is 3. The second-order valence-corrected chi connectivity index (χ2v) is 7.00. The number of nitrogens with one attached hydrogen (secondary N) is 1. The van der Waals surface area contributed by atoms with Crippen LogP contribution in [0.1, 0.15) is 44.7 Å². The molecule has 0 radical (unpaired) electrons. The predicted octanol–water partition coefficient (Wildman–Crippen LogP) is 3.24. The van der Waals surface area contributed by atoms with Gasteiger partial charge in [-0.1, -0.05) is 36.8 Å². The molecule has 1 heterocycles. The number of carbonyl (C=O) groups excluding carboxylic acids is 1. The first kappa shape index (κ1) is 17.5. The molecule has 2 atom stereocenters. The van der Waals surface area contributed by atoms with E-state index in [0.717, 1.165) is 6.54 Å². The summed E-state index contributed by atoms with van der Waals surface area (Å²) in [6.07, 6.45) is 6.90. The largest absolute Gasteiger partial charge is 0.334 e. The van der Waals surface area contributed by atoms with Gasteiger partial charge in [0.2, 0.25) is 0 Å². The van der Waals surface area contributed by atoms with Crippen molar-refractivity contribution in [2.45, 2.75) is 51.7 Å². The molecule has 1 aromatic carbocycles. The van der Waals surface area contributed by atoms with Crippen LogP contribution in [0, 0.1) is 5.92 Å². The summed E-state index contributed by atoms with van der Waals surface area (Å²) in [5.74, 6) is 0.627. The van der Waals surface area contributed by atoms with Crippen molar-refractivity contribution in [2.75, 3.05) is 6.54 Å². The molecule has 25 heavy (non-hydrogen) atoms. The van der Waals surface area contributed by atoms with E-state index >= 15 is 0 Å². The molecule has 1 aliphatic rings. The maximum atomic E-state index is 12.9. The Hall–Kier alpha value is -2.37. The van der Waals surface area contributed by atoms with Crippen molar-refractivity contribution >= 4 is 6.03 Å². The normalized spacial score (nSPS) is 16.7. The fraction of sp³-hybridized carbons (Fsp3) is 0.526. The van der Waals surface area contributed by atoms with Gasteiger partial charge < -0.3 is 10.2 Å². The Bertz CT molecular complexity index is 654. The van der Waals surface area contributed by atoms with E-state index in [9.17, 15) is 4.79 Å². The van der Waals surface area contributed by atoms with Gasteiger partial charge in [0.05, 0.1) is 12.6 Å². The molecule has 0 aliphatic heterocycles. The number of urea groups is 1. The molecule has 6 nitrogen and oxygen atoms in total. The number of nitrogens with zero attached hydrogens (tertiary/aromatic N) is 4. The third kappa shape index (κ3) is 4.59. The van der Waals surface area contributed by atoms with Crippen molar-refractivity contribution in [3.63, 3.8) is 0 Å². The minimum Gasteiger partial charge on any atom is -0.334 e. The second-order valence-electron chi connectivity index (χ2n) is 7.00. The lowest BCUT2D eigenvalue weighted by molar-refractivity contribution is 0.142. The first-order valence-corrected chi connectivity index (χ1v) is 9.08. The van der Waals surface area contributed by atoms with Crippen LogP contribution in [0.3, 0.4) is 0 Å². The van der Waals surface area contributed by atoms with Gasteiger partial charge in [0.1, 0.15) is 12.7 Å². The molecule has 0 unspecified atom stereocenters. The van der Waals surface area contributed by atoms with Crippen molar-refractivity contribution in [3.05, 3.63) is 48.5 Å². The van der Waals surface area contributed by atoms with Crippen LogP contribution in [0.4, 0.5) is 4.79 Å². The van der Waals surface area contributed by atoms with Gasteiger partial charge in [-0.25, -0.2) is 9.78 Å². The molecular weight excluding hydrogens is 314 g/mol. The number of benzene rings is 1. The highest BCUT2D eigenvalue weighted by atomic mass is 16.2. The molecule has 1 N–H and O–H groups in total. The first-order chi connectivity index (χ1) is 12.1. The molecular formula is C19H27N5O. The Kier molecular flexibility index (Phi) is 5.68. The molecule has 3 rings (SSSR count). The highest BCUT2D eigenvalue weighted by Crippen LogP contribution is 2.30. The first-order valence-electron chi connectivity index (χ1n) is 9.08. The van der Waals surface area contributed by atoms with E-state index in [1.165, 1.54) is 31.2 Å². The minimum absolute atomic E-state index is 0.00383. The van der Waals surface area contributed by atoms with E-state index in [-0.39, 0.29) is 18.1 Å². The molecule has 6 heteroatoms. The van der Waals surface area contributed by atoms with Gasteiger partial charge in [-0.15, -0.1) is 0 Å². The molecule has 2 amide bonds. The summed E-state index contributed by atoms with van der Waals surface area (Å²) >= 11 is 0. The van der Waals surface area contributed by atoms with Crippen LogP contribution < -0.4 is 5.32 Å². The van der Waals surface area contributed by atoms with E-state index in [1.807, 2.05) is 30.0 Å². The summed E-state index contributed by atoms with van der Waals surface area (Å²) < 4.78 is 1.74. The lowest BCUT2D eigenvalue weighted by Crippen LogP contribution is -2.48. The molecule has 0 saturated heterocycles. The molecule has 1 aliphatic carbocycles. The van der Waals surface area contributed by atoms with Gasteiger partial charge in [-0.3, -0.25) is 4.68 Å². The van der Waals surface area contributed by atoms with Crippen molar-refractivity contribution in [1.29, 1.82) is 0 Å². The van der Waals surface area contributed by atoms with Crippen molar-refractivity contribution < 1.29 is 4.79 Å². The summed E-state index contributed by atoms with van der Waals surface area (Å²) in [6, 6.07) is 10.3. The van der Waals surface area contributed by atoms with Crippen molar-refractivity contribution in [3.8, 4) is 0 Å². The summed E-state index contributed by atoms with van der Waals surface area (Å²) in [7, 11) is 0. The van der Waals surface area contributed by atoms with Gasteiger partial charge in [0, 0.05) is 12.6 Å². The molecule has 0 bridgehead atoms. The Morgan fingerprint density at radius 3 is 2.68 bits per heavy atom. The van der Waals surface area contributed by atoms with Gasteiger partial charge in [-0.05, 0) is 38.2 Å². The molecule has 1 aromatic heterocycles. The maximum absolute atomic E-state index is 12.9. The van der Waals surface area contributed by atoms with E-state index < -0.39 is 0 Å². The number of amides is 2. The van der Waals surface area contributed by atoms with Gasteiger partial charge in [0.15, 0.2) is 0 Å². The number of carbonyl (C=O) groups is 1. The van der Waals surface area contributed by atoms with Crippen molar-refractivity contribution in [2.24, 2.45) is 5.92 Å². The number of rotatable bonds is 7. The monoisotopic (exact) mass is 341 g/mol. The van der Waals surface area contributed by atoms with Crippen LogP contribution in [0.2, 0.25) is 0 Å². The van der Waals surface area contributed by atoms with Crippen LogP contribution >= 0.6 is 0 Å². The lowest BCUT2D eigenvalue weighted by atomic mass is 9.84. The van der Waals surface area contributed by atoms with E-state index in [2.05, 4.69) is 34.5 Å². The van der Waals surface area contributed by atoms with Gasteiger partial charge in [0.25, 0.3) is 0 Å². The van der Waals surface area contributed by atoms with Crippen LogP contribution in [-0.4, -0.2) is 38.3 Å². The molecule has 0 spiro atoms. The Labute approximate surface area is 149 Å². The standard InChI is InChI=1S/C19H27N5O/c1-15(11-23-14-20-13-21-23)22-19(25)24(12-17-7-6-8-17)16(2)18-9-4-3-5-10-18/h3-5,9-10,13-17H,6-8,11-12H2,1-2H3,(H,22,25)/t15-,16-/m1/s1. The van der Waals surface area contributed by atoms with Gasteiger partial charge >= 0.3 is 6.03 Å². The Morgan fingerprint density at radius 2 is 2.08 bits per heavy atom. The Balaban J connectivity index is 1.65. The van der Waals surface area contributed by atoms with Crippen LogP contribution in [0.5, 0.6) is 0 Å². The lowest BCUT2D eigenvalue weighted by Gasteiger charge is -2.37. The second kappa shape index (κ2) is 8.14. The zero-order valence-electron chi connectivity index (χ0n) is 15.0. The van der Waals surface area contributed by atoms with Crippen LogP contribution in [0.25, 0.3) is 0 Å². The average molecular weight is 341 g/mol. The van der Waals surface area contributed by atoms with E-state index in [0.29, 0.717) is 12.5 Å². The highest BCUT2D eigenvalue weighted by molar-refractivity contribution is 5.75. The maximum Gasteiger partial charge on any atom is 0.318 e. The predicted molar refractivity (Wildman–Crippen MR) is 96.9 cm³/mol. The van der Waals surface area contributed by atoms with Crippen LogP contribution in [-0.2, 0) is 6.54 Å². The minimum atomic E-state index is -0.0129. The SMILES string of the molecule is C[C@H](Cn1cncn1)NC(=O)N(CC1CCC1)[C@H](C)c1ccccc1.